The van der Waals surface area contributed by atoms with Crippen LogP contribution in [0.4, 0.5) is 4.79 Å². The molecule has 1 heterocycles. The van der Waals surface area contributed by atoms with Gasteiger partial charge in [0.25, 0.3) is 0 Å². The highest BCUT2D eigenvalue weighted by Gasteiger charge is 2.36. The summed E-state index contributed by atoms with van der Waals surface area (Å²) in [6.45, 7) is 9.72. The van der Waals surface area contributed by atoms with E-state index in [1.165, 1.54) is 32.1 Å². The number of carbonyl (C=O) groups excluding carboxylic acids is 1. The lowest BCUT2D eigenvalue weighted by atomic mass is 9.76. The highest BCUT2D eigenvalue weighted by atomic mass is 16.6. The van der Waals surface area contributed by atoms with Crippen molar-refractivity contribution in [3.05, 3.63) is 0 Å². The SMILES string of the molecule is CCCOC1CCC2(CCCC(NC(=O)OC(C)(C)C)CCN2)CC1. The number of alkyl carbamates (subject to hydrolysis) is 1. The van der Waals surface area contributed by atoms with Gasteiger partial charge in [-0.3, -0.25) is 0 Å². The van der Waals surface area contributed by atoms with Crippen molar-refractivity contribution in [3.63, 3.8) is 0 Å². The summed E-state index contributed by atoms with van der Waals surface area (Å²) in [5.41, 5.74) is -0.143. The first-order valence-corrected chi connectivity index (χ1v) is 10.2. The first kappa shape index (κ1) is 20.5. The topological polar surface area (TPSA) is 59.6 Å². The third-order valence-corrected chi connectivity index (χ3v) is 5.37. The van der Waals surface area contributed by atoms with Crippen molar-refractivity contribution in [3.8, 4) is 0 Å². The predicted molar refractivity (Wildman–Crippen MR) is 101 cm³/mol. The summed E-state index contributed by atoms with van der Waals surface area (Å²) in [5, 5.41) is 6.86. The molecule has 1 saturated carbocycles. The maximum absolute atomic E-state index is 12.0. The van der Waals surface area contributed by atoms with E-state index in [4.69, 9.17) is 9.47 Å². The fraction of sp³-hybridized carbons (Fsp3) is 0.950. The molecular weight excluding hydrogens is 316 g/mol. The number of nitrogens with one attached hydrogen (secondary N) is 2. The summed E-state index contributed by atoms with van der Waals surface area (Å²) in [6.07, 6.45) is 10.4. The van der Waals surface area contributed by atoms with Crippen molar-refractivity contribution in [1.29, 1.82) is 0 Å². The molecule has 0 radical (unpaired) electrons. The molecule has 2 rings (SSSR count). The molecule has 1 amide bonds. The van der Waals surface area contributed by atoms with Gasteiger partial charge < -0.3 is 20.1 Å². The second kappa shape index (κ2) is 9.22. The molecule has 146 valence electrons. The molecule has 1 saturated heterocycles. The monoisotopic (exact) mass is 354 g/mol. The minimum atomic E-state index is -0.438. The van der Waals surface area contributed by atoms with E-state index in [1.54, 1.807) is 0 Å². The van der Waals surface area contributed by atoms with Gasteiger partial charge in [-0.15, -0.1) is 0 Å². The predicted octanol–water partition coefficient (Wildman–Crippen LogP) is 4.15. The van der Waals surface area contributed by atoms with Gasteiger partial charge in [-0.25, -0.2) is 4.79 Å². The van der Waals surface area contributed by atoms with E-state index in [9.17, 15) is 4.79 Å². The van der Waals surface area contributed by atoms with Gasteiger partial charge in [0.05, 0.1) is 6.10 Å². The van der Waals surface area contributed by atoms with Crippen molar-refractivity contribution in [2.24, 2.45) is 0 Å². The van der Waals surface area contributed by atoms with E-state index >= 15 is 0 Å². The number of hydrogen-bond donors (Lipinski definition) is 2. The second-order valence-electron chi connectivity index (χ2n) is 8.80. The molecule has 1 atom stereocenters. The number of rotatable bonds is 4. The Morgan fingerprint density at radius 1 is 1.16 bits per heavy atom. The summed E-state index contributed by atoms with van der Waals surface area (Å²) >= 11 is 0. The van der Waals surface area contributed by atoms with Gasteiger partial charge in [-0.05, 0) is 85.1 Å². The Kier molecular flexibility index (Phi) is 7.56. The number of hydrogen-bond acceptors (Lipinski definition) is 4. The quantitative estimate of drug-likeness (QED) is 0.796. The molecule has 0 aromatic heterocycles. The van der Waals surface area contributed by atoms with Crippen molar-refractivity contribution in [2.75, 3.05) is 13.2 Å². The van der Waals surface area contributed by atoms with Crippen LogP contribution in [0.1, 0.15) is 85.5 Å². The van der Waals surface area contributed by atoms with Gasteiger partial charge in [0, 0.05) is 18.2 Å². The molecule has 1 aliphatic heterocycles. The summed E-state index contributed by atoms with van der Waals surface area (Å²) in [7, 11) is 0. The van der Waals surface area contributed by atoms with Crippen LogP contribution in [0.3, 0.4) is 0 Å². The second-order valence-corrected chi connectivity index (χ2v) is 8.80. The third kappa shape index (κ3) is 7.14. The molecular formula is C20H38N2O3. The molecule has 2 N–H and O–H groups in total. The van der Waals surface area contributed by atoms with E-state index in [-0.39, 0.29) is 12.1 Å². The first-order valence-electron chi connectivity index (χ1n) is 10.2. The number of amides is 1. The Labute approximate surface area is 153 Å². The molecule has 1 spiro atoms. The fourth-order valence-corrected chi connectivity index (χ4v) is 4.07. The van der Waals surface area contributed by atoms with E-state index < -0.39 is 5.60 Å². The van der Waals surface area contributed by atoms with Crippen molar-refractivity contribution in [1.82, 2.24) is 10.6 Å². The summed E-state index contributed by atoms with van der Waals surface area (Å²) in [4.78, 5) is 12.0. The maximum atomic E-state index is 12.0. The summed E-state index contributed by atoms with van der Waals surface area (Å²) < 4.78 is 11.3. The zero-order valence-corrected chi connectivity index (χ0v) is 16.7. The lowest BCUT2D eigenvalue weighted by Crippen LogP contribution is -2.52. The molecule has 25 heavy (non-hydrogen) atoms. The van der Waals surface area contributed by atoms with E-state index in [0.717, 1.165) is 38.8 Å². The van der Waals surface area contributed by atoms with Gasteiger partial charge >= 0.3 is 6.09 Å². The lowest BCUT2D eigenvalue weighted by molar-refractivity contribution is 0.00449. The van der Waals surface area contributed by atoms with Crippen molar-refractivity contribution in [2.45, 2.75) is 109 Å². The Morgan fingerprint density at radius 2 is 1.88 bits per heavy atom. The zero-order chi connectivity index (χ0) is 18.3. The molecule has 0 aromatic rings. The molecule has 0 bridgehead atoms. The van der Waals surface area contributed by atoms with Gasteiger partial charge in [-0.1, -0.05) is 6.92 Å². The molecule has 0 aromatic carbocycles. The van der Waals surface area contributed by atoms with Crippen molar-refractivity contribution < 1.29 is 14.3 Å². The molecule has 2 fully saturated rings. The normalized spacial score (nSPS) is 31.2. The minimum Gasteiger partial charge on any atom is -0.444 e. The minimum absolute atomic E-state index is 0.212. The first-order chi connectivity index (χ1) is 11.8. The van der Waals surface area contributed by atoms with Crippen LogP contribution in [0.25, 0.3) is 0 Å². The molecule has 2 aliphatic rings. The lowest BCUT2D eigenvalue weighted by Gasteiger charge is -2.43. The van der Waals surface area contributed by atoms with Crippen LogP contribution in [0.15, 0.2) is 0 Å². The smallest absolute Gasteiger partial charge is 0.407 e. The Bertz CT molecular complexity index is 400. The van der Waals surface area contributed by atoms with Crippen LogP contribution in [0.2, 0.25) is 0 Å². The average Bonchev–Trinajstić information content (AvgIpc) is 2.50. The van der Waals surface area contributed by atoms with Crippen LogP contribution in [0.5, 0.6) is 0 Å². The molecule has 1 unspecified atom stereocenters. The highest BCUT2D eigenvalue weighted by molar-refractivity contribution is 5.68. The van der Waals surface area contributed by atoms with Crippen LogP contribution >= 0.6 is 0 Å². The average molecular weight is 355 g/mol. The van der Waals surface area contributed by atoms with Gasteiger partial charge in [0.15, 0.2) is 0 Å². The van der Waals surface area contributed by atoms with E-state index in [1.807, 2.05) is 20.8 Å². The summed E-state index contributed by atoms with van der Waals surface area (Å²) in [5.74, 6) is 0. The van der Waals surface area contributed by atoms with Gasteiger partial charge in [-0.2, -0.15) is 0 Å². The van der Waals surface area contributed by atoms with Gasteiger partial charge in [0.2, 0.25) is 0 Å². The summed E-state index contributed by atoms with van der Waals surface area (Å²) in [6, 6.07) is 0.212. The largest absolute Gasteiger partial charge is 0.444 e. The van der Waals surface area contributed by atoms with Crippen molar-refractivity contribution >= 4 is 6.09 Å². The van der Waals surface area contributed by atoms with E-state index in [0.29, 0.717) is 11.6 Å². The Morgan fingerprint density at radius 3 is 2.52 bits per heavy atom. The van der Waals surface area contributed by atoms with Crippen LogP contribution in [0, 0.1) is 0 Å². The van der Waals surface area contributed by atoms with Crippen LogP contribution in [-0.2, 0) is 9.47 Å². The zero-order valence-electron chi connectivity index (χ0n) is 16.7. The van der Waals surface area contributed by atoms with Crippen LogP contribution in [-0.4, -0.2) is 42.5 Å². The Hall–Kier alpha value is -0.810. The van der Waals surface area contributed by atoms with E-state index in [2.05, 4.69) is 17.6 Å². The van der Waals surface area contributed by atoms with Gasteiger partial charge in [0.1, 0.15) is 5.60 Å². The highest BCUT2D eigenvalue weighted by Crippen LogP contribution is 2.35. The maximum Gasteiger partial charge on any atom is 0.407 e. The fourth-order valence-electron chi connectivity index (χ4n) is 4.07. The number of ether oxygens (including phenoxy) is 2. The van der Waals surface area contributed by atoms with Crippen LogP contribution < -0.4 is 10.6 Å². The molecule has 5 heteroatoms. The molecule has 5 nitrogen and oxygen atoms in total. The molecule has 1 aliphatic carbocycles. The number of carbonyl (C=O) groups is 1. The standard InChI is InChI=1S/C20H38N2O3/c1-5-15-24-17-8-12-20(13-9-17)11-6-7-16(10-14-21-20)22-18(23)25-19(2,3)4/h16-17,21H,5-15H2,1-4H3,(H,22,23). The third-order valence-electron chi connectivity index (χ3n) is 5.37. The Balaban J connectivity index is 1.74.